The van der Waals surface area contributed by atoms with E-state index in [9.17, 15) is 4.79 Å². The SMILES string of the molecule is C=CCN(CCO)C(=O)c1cc(Cl)nc(CCC)c1. The van der Waals surface area contributed by atoms with Crippen LogP contribution >= 0.6 is 11.6 Å². The van der Waals surface area contributed by atoms with Gasteiger partial charge in [-0.3, -0.25) is 4.79 Å². The largest absolute Gasteiger partial charge is 0.395 e. The highest BCUT2D eigenvalue weighted by atomic mass is 35.5. The monoisotopic (exact) mass is 282 g/mol. The number of pyridine rings is 1. The van der Waals surface area contributed by atoms with Crippen LogP contribution in [0.4, 0.5) is 0 Å². The van der Waals surface area contributed by atoms with Crippen molar-refractivity contribution < 1.29 is 9.90 Å². The highest BCUT2D eigenvalue weighted by Crippen LogP contribution is 2.14. The third-order valence-corrected chi connectivity index (χ3v) is 2.80. The molecule has 1 aromatic rings. The first-order chi connectivity index (χ1) is 9.12. The van der Waals surface area contributed by atoms with Crippen molar-refractivity contribution in [1.29, 1.82) is 0 Å². The molecule has 1 amide bonds. The fourth-order valence-corrected chi connectivity index (χ4v) is 2.02. The summed E-state index contributed by atoms with van der Waals surface area (Å²) in [5.41, 5.74) is 1.31. The van der Waals surface area contributed by atoms with Gasteiger partial charge in [-0.2, -0.15) is 0 Å². The summed E-state index contributed by atoms with van der Waals surface area (Å²) in [4.78, 5) is 18.0. The van der Waals surface area contributed by atoms with Crippen LogP contribution in [0.3, 0.4) is 0 Å². The number of carbonyl (C=O) groups is 1. The van der Waals surface area contributed by atoms with Crippen LogP contribution in [-0.2, 0) is 6.42 Å². The summed E-state index contributed by atoms with van der Waals surface area (Å²) in [7, 11) is 0. The van der Waals surface area contributed by atoms with Crippen LogP contribution in [0, 0.1) is 0 Å². The molecule has 5 heteroatoms. The van der Waals surface area contributed by atoms with Gasteiger partial charge in [0.1, 0.15) is 5.15 Å². The zero-order chi connectivity index (χ0) is 14.3. The third-order valence-electron chi connectivity index (χ3n) is 2.61. The molecule has 0 aliphatic heterocycles. The topological polar surface area (TPSA) is 53.4 Å². The Morgan fingerprint density at radius 2 is 2.32 bits per heavy atom. The van der Waals surface area contributed by atoms with Gasteiger partial charge < -0.3 is 10.0 Å². The van der Waals surface area contributed by atoms with E-state index in [1.165, 1.54) is 4.90 Å². The van der Waals surface area contributed by atoms with Crippen molar-refractivity contribution in [3.8, 4) is 0 Å². The Kier molecular flexibility index (Phi) is 6.53. The van der Waals surface area contributed by atoms with Gasteiger partial charge in [0.05, 0.1) is 6.61 Å². The fourth-order valence-electron chi connectivity index (χ4n) is 1.79. The van der Waals surface area contributed by atoms with Crippen molar-refractivity contribution in [3.63, 3.8) is 0 Å². The summed E-state index contributed by atoms with van der Waals surface area (Å²) in [6.45, 7) is 6.23. The zero-order valence-corrected chi connectivity index (χ0v) is 11.9. The number of aliphatic hydroxyl groups excluding tert-OH is 1. The summed E-state index contributed by atoms with van der Waals surface area (Å²) >= 11 is 5.94. The average molecular weight is 283 g/mol. The number of hydrogen-bond donors (Lipinski definition) is 1. The minimum absolute atomic E-state index is 0.0831. The lowest BCUT2D eigenvalue weighted by Gasteiger charge is -2.20. The Bertz CT molecular complexity index is 449. The predicted molar refractivity (Wildman–Crippen MR) is 76.4 cm³/mol. The normalized spacial score (nSPS) is 10.3. The molecule has 0 saturated heterocycles. The summed E-state index contributed by atoms with van der Waals surface area (Å²) in [6.07, 6.45) is 3.35. The van der Waals surface area contributed by atoms with Gasteiger partial charge in [-0.05, 0) is 18.6 Å². The minimum atomic E-state index is -0.171. The van der Waals surface area contributed by atoms with Crippen LogP contribution in [0.5, 0.6) is 0 Å². The fraction of sp³-hybridized carbons (Fsp3) is 0.429. The lowest BCUT2D eigenvalue weighted by Crippen LogP contribution is -2.33. The lowest BCUT2D eigenvalue weighted by molar-refractivity contribution is 0.0742. The Hall–Kier alpha value is -1.39. The molecule has 0 unspecified atom stereocenters. The first-order valence-corrected chi connectivity index (χ1v) is 6.67. The molecule has 1 N–H and O–H groups in total. The molecule has 0 saturated carbocycles. The van der Waals surface area contributed by atoms with Crippen LogP contribution in [0.1, 0.15) is 29.4 Å². The highest BCUT2D eigenvalue weighted by Gasteiger charge is 2.15. The summed E-state index contributed by atoms with van der Waals surface area (Å²) in [5.74, 6) is -0.171. The third kappa shape index (κ3) is 4.65. The molecular weight excluding hydrogens is 264 g/mol. The van der Waals surface area contributed by atoms with Crippen LogP contribution in [0.2, 0.25) is 5.15 Å². The van der Waals surface area contributed by atoms with Crippen molar-refractivity contribution in [2.45, 2.75) is 19.8 Å². The Balaban J connectivity index is 2.98. The molecule has 0 aromatic carbocycles. The summed E-state index contributed by atoms with van der Waals surface area (Å²) < 4.78 is 0. The van der Waals surface area contributed by atoms with Crippen molar-refractivity contribution in [1.82, 2.24) is 9.88 Å². The standard InChI is InChI=1S/C14H19ClN2O2/c1-3-5-12-9-11(10-13(15)16-12)14(19)17(6-4-2)7-8-18/h4,9-10,18H,2-3,5-8H2,1H3. The molecule has 0 bridgehead atoms. The number of amides is 1. The van der Waals surface area contributed by atoms with E-state index >= 15 is 0 Å². The van der Waals surface area contributed by atoms with E-state index in [4.69, 9.17) is 16.7 Å². The molecule has 4 nitrogen and oxygen atoms in total. The molecular formula is C14H19ClN2O2. The van der Waals surface area contributed by atoms with E-state index in [0.29, 0.717) is 17.3 Å². The number of hydrogen-bond acceptors (Lipinski definition) is 3. The predicted octanol–water partition coefficient (Wildman–Crippen LogP) is 2.31. The van der Waals surface area contributed by atoms with E-state index in [-0.39, 0.29) is 19.1 Å². The zero-order valence-electron chi connectivity index (χ0n) is 11.1. The lowest BCUT2D eigenvalue weighted by atomic mass is 10.1. The van der Waals surface area contributed by atoms with E-state index < -0.39 is 0 Å². The number of aromatic nitrogens is 1. The van der Waals surface area contributed by atoms with Crippen molar-refractivity contribution in [2.24, 2.45) is 0 Å². The molecule has 0 fully saturated rings. The second kappa shape index (κ2) is 7.92. The van der Waals surface area contributed by atoms with Crippen LogP contribution in [0.25, 0.3) is 0 Å². The Morgan fingerprint density at radius 1 is 1.58 bits per heavy atom. The van der Waals surface area contributed by atoms with Crippen molar-refractivity contribution in [2.75, 3.05) is 19.7 Å². The van der Waals surface area contributed by atoms with Crippen molar-refractivity contribution in [3.05, 3.63) is 41.2 Å². The maximum atomic E-state index is 12.3. The number of carbonyl (C=O) groups excluding carboxylic acids is 1. The Morgan fingerprint density at radius 3 is 2.89 bits per heavy atom. The van der Waals surface area contributed by atoms with Gasteiger partial charge in [0.2, 0.25) is 0 Å². The minimum Gasteiger partial charge on any atom is -0.395 e. The van der Waals surface area contributed by atoms with Gasteiger partial charge >= 0.3 is 0 Å². The molecule has 104 valence electrons. The Labute approximate surface area is 118 Å². The van der Waals surface area contributed by atoms with Gasteiger partial charge in [-0.25, -0.2) is 4.98 Å². The van der Waals surface area contributed by atoms with Crippen LogP contribution in [0.15, 0.2) is 24.8 Å². The first-order valence-electron chi connectivity index (χ1n) is 6.29. The first kappa shape index (κ1) is 15.7. The van der Waals surface area contributed by atoms with Gasteiger partial charge in [0, 0.05) is 24.3 Å². The van der Waals surface area contributed by atoms with Crippen LogP contribution < -0.4 is 0 Å². The number of nitrogens with zero attached hydrogens (tertiary/aromatic N) is 2. The second-order valence-electron chi connectivity index (χ2n) is 4.18. The highest BCUT2D eigenvalue weighted by molar-refractivity contribution is 6.29. The summed E-state index contributed by atoms with van der Waals surface area (Å²) in [6, 6.07) is 3.31. The number of aliphatic hydroxyl groups is 1. The summed E-state index contributed by atoms with van der Waals surface area (Å²) in [5, 5.41) is 9.30. The number of rotatable bonds is 7. The second-order valence-corrected chi connectivity index (χ2v) is 4.57. The van der Waals surface area contributed by atoms with E-state index in [1.807, 2.05) is 6.92 Å². The molecule has 1 rings (SSSR count). The molecule has 0 radical (unpaired) electrons. The van der Waals surface area contributed by atoms with Gasteiger partial charge in [-0.1, -0.05) is 31.0 Å². The molecule has 1 heterocycles. The smallest absolute Gasteiger partial charge is 0.254 e. The maximum absolute atomic E-state index is 12.3. The molecule has 0 aliphatic rings. The average Bonchev–Trinajstić information content (AvgIpc) is 2.37. The molecule has 0 spiro atoms. The van der Waals surface area contributed by atoms with Gasteiger partial charge in [0.25, 0.3) is 5.91 Å². The van der Waals surface area contributed by atoms with Gasteiger partial charge in [0.15, 0.2) is 0 Å². The maximum Gasteiger partial charge on any atom is 0.254 e. The van der Waals surface area contributed by atoms with E-state index in [1.54, 1.807) is 18.2 Å². The molecule has 1 aromatic heterocycles. The molecule has 0 atom stereocenters. The molecule has 0 aliphatic carbocycles. The van der Waals surface area contributed by atoms with Gasteiger partial charge in [-0.15, -0.1) is 6.58 Å². The number of halogens is 1. The van der Waals surface area contributed by atoms with Crippen molar-refractivity contribution >= 4 is 17.5 Å². The molecule has 19 heavy (non-hydrogen) atoms. The number of aryl methyl sites for hydroxylation is 1. The quantitative estimate of drug-likeness (QED) is 0.617. The van der Waals surface area contributed by atoms with Crippen LogP contribution in [-0.4, -0.2) is 40.6 Å². The van der Waals surface area contributed by atoms with E-state index in [0.717, 1.165) is 18.5 Å². The van der Waals surface area contributed by atoms with E-state index in [2.05, 4.69) is 11.6 Å².